The molecule has 4 nitrogen and oxygen atoms in total. The molecular weight excluding hydrogens is 284 g/mol. The summed E-state index contributed by atoms with van der Waals surface area (Å²) in [5, 5.41) is 3.27. The second kappa shape index (κ2) is 5.38. The summed E-state index contributed by atoms with van der Waals surface area (Å²) in [6.07, 6.45) is 4.46. The van der Waals surface area contributed by atoms with Gasteiger partial charge in [0, 0.05) is 25.2 Å². The van der Waals surface area contributed by atoms with Crippen molar-refractivity contribution < 1.29 is 8.42 Å². The van der Waals surface area contributed by atoms with Crippen LogP contribution in [0.4, 0.5) is 0 Å². The van der Waals surface area contributed by atoms with E-state index in [2.05, 4.69) is 5.32 Å². The molecule has 0 radical (unpaired) electrons. The molecule has 0 unspecified atom stereocenters. The number of piperazine rings is 1. The second-order valence-electron chi connectivity index (χ2n) is 6.70. The maximum absolute atomic E-state index is 13.0. The zero-order valence-corrected chi connectivity index (χ0v) is 13.7. The fourth-order valence-corrected chi connectivity index (χ4v) is 5.24. The summed E-state index contributed by atoms with van der Waals surface area (Å²) in [5.74, 6) is 0. The Morgan fingerprint density at radius 2 is 1.86 bits per heavy atom. The van der Waals surface area contributed by atoms with Crippen LogP contribution in [0.5, 0.6) is 0 Å². The van der Waals surface area contributed by atoms with Gasteiger partial charge < -0.3 is 5.32 Å². The molecule has 1 aromatic rings. The topological polar surface area (TPSA) is 49.4 Å². The lowest BCUT2D eigenvalue weighted by Crippen LogP contribution is -2.59. The van der Waals surface area contributed by atoms with Crippen LogP contribution in [-0.4, -0.2) is 37.9 Å². The van der Waals surface area contributed by atoms with E-state index in [0.29, 0.717) is 24.5 Å². The predicted molar refractivity (Wildman–Crippen MR) is 83.9 cm³/mol. The van der Waals surface area contributed by atoms with Gasteiger partial charge in [-0.05, 0) is 62.8 Å². The van der Waals surface area contributed by atoms with E-state index in [-0.39, 0.29) is 5.54 Å². The number of sulfonamides is 1. The Labute approximate surface area is 127 Å². The summed E-state index contributed by atoms with van der Waals surface area (Å²) in [7, 11) is -3.41. The molecule has 5 heteroatoms. The first-order chi connectivity index (χ1) is 9.91. The van der Waals surface area contributed by atoms with Crippen LogP contribution in [-0.2, 0) is 22.9 Å². The van der Waals surface area contributed by atoms with Gasteiger partial charge in [-0.25, -0.2) is 8.42 Å². The van der Waals surface area contributed by atoms with E-state index in [0.717, 1.165) is 19.3 Å². The van der Waals surface area contributed by atoms with Gasteiger partial charge in [0.1, 0.15) is 0 Å². The smallest absolute Gasteiger partial charge is 0.243 e. The number of nitrogens with one attached hydrogen (secondary N) is 1. The molecule has 3 rings (SSSR count). The molecule has 1 aliphatic heterocycles. The Morgan fingerprint density at radius 3 is 2.57 bits per heavy atom. The van der Waals surface area contributed by atoms with Crippen LogP contribution >= 0.6 is 0 Å². The van der Waals surface area contributed by atoms with Crippen LogP contribution in [0.15, 0.2) is 23.1 Å². The summed E-state index contributed by atoms with van der Waals surface area (Å²) < 4.78 is 27.6. The first-order valence-electron chi connectivity index (χ1n) is 7.77. The number of hydrogen-bond donors (Lipinski definition) is 1. The molecule has 0 amide bonds. The summed E-state index contributed by atoms with van der Waals surface area (Å²) >= 11 is 0. The van der Waals surface area contributed by atoms with Crippen LogP contribution in [0.1, 0.15) is 37.8 Å². The highest BCUT2D eigenvalue weighted by atomic mass is 32.2. The van der Waals surface area contributed by atoms with E-state index >= 15 is 0 Å². The molecule has 1 heterocycles. The molecular formula is C16H24N2O2S. The number of rotatable bonds is 2. The maximum atomic E-state index is 13.0. The minimum atomic E-state index is -3.41. The molecule has 1 N–H and O–H groups in total. The molecule has 2 aliphatic rings. The second-order valence-corrected chi connectivity index (χ2v) is 8.57. The van der Waals surface area contributed by atoms with Crippen molar-refractivity contribution in [3.63, 3.8) is 0 Å². The Morgan fingerprint density at radius 1 is 1.14 bits per heavy atom. The first-order valence-corrected chi connectivity index (χ1v) is 9.21. The normalized spacial score (nSPS) is 22.8. The number of benzene rings is 1. The average molecular weight is 308 g/mol. The molecule has 1 fully saturated rings. The first kappa shape index (κ1) is 15.0. The zero-order valence-electron chi connectivity index (χ0n) is 12.9. The van der Waals surface area contributed by atoms with Gasteiger partial charge in [-0.3, -0.25) is 0 Å². The van der Waals surface area contributed by atoms with Gasteiger partial charge in [-0.2, -0.15) is 4.31 Å². The van der Waals surface area contributed by atoms with Crippen molar-refractivity contribution in [1.29, 1.82) is 0 Å². The van der Waals surface area contributed by atoms with Gasteiger partial charge in [0.05, 0.1) is 4.90 Å². The molecule has 1 saturated heterocycles. The largest absolute Gasteiger partial charge is 0.314 e. The van der Waals surface area contributed by atoms with Crippen molar-refractivity contribution in [3.8, 4) is 0 Å². The van der Waals surface area contributed by atoms with Crippen LogP contribution in [0.25, 0.3) is 0 Å². The van der Waals surface area contributed by atoms with Crippen LogP contribution < -0.4 is 5.32 Å². The minimum absolute atomic E-state index is 0.382. The van der Waals surface area contributed by atoms with Gasteiger partial charge in [0.2, 0.25) is 10.0 Å². The van der Waals surface area contributed by atoms with Crippen molar-refractivity contribution in [2.24, 2.45) is 0 Å². The molecule has 116 valence electrons. The lowest BCUT2D eigenvalue weighted by molar-refractivity contribution is 0.186. The summed E-state index contributed by atoms with van der Waals surface area (Å²) in [6.45, 7) is 5.90. The third-order valence-electron chi connectivity index (χ3n) is 4.63. The lowest BCUT2D eigenvalue weighted by Gasteiger charge is -2.41. The Hall–Kier alpha value is -0.910. The summed E-state index contributed by atoms with van der Waals surface area (Å²) in [6, 6.07) is 5.70. The highest BCUT2D eigenvalue weighted by Gasteiger charge is 2.39. The monoisotopic (exact) mass is 308 g/mol. The molecule has 0 spiro atoms. The van der Waals surface area contributed by atoms with E-state index in [9.17, 15) is 8.42 Å². The van der Waals surface area contributed by atoms with Crippen molar-refractivity contribution in [2.45, 2.75) is 50.0 Å². The Bertz CT molecular complexity index is 638. The van der Waals surface area contributed by atoms with Gasteiger partial charge in [0.15, 0.2) is 0 Å². The van der Waals surface area contributed by atoms with Gasteiger partial charge in [-0.1, -0.05) is 6.07 Å². The third kappa shape index (κ3) is 2.74. The maximum Gasteiger partial charge on any atom is 0.243 e. The molecule has 0 aromatic heterocycles. The SMILES string of the molecule is CC1(C)CNCCN1S(=O)(=O)c1ccc2c(c1)CCCC2. The molecule has 0 saturated carbocycles. The fraction of sp³-hybridized carbons (Fsp3) is 0.625. The third-order valence-corrected chi connectivity index (χ3v) is 6.74. The number of hydrogen-bond acceptors (Lipinski definition) is 3. The fourth-order valence-electron chi connectivity index (χ4n) is 3.41. The zero-order chi connectivity index (χ0) is 15.1. The van der Waals surface area contributed by atoms with E-state index < -0.39 is 10.0 Å². The van der Waals surface area contributed by atoms with E-state index in [1.165, 1.54) is 17.5 Å². The summed E-state index contributed by atoms with van der Waals surface area (Å²) in [5.41, 5.74) is 2.16. The summed E-state index contributed by atoms with van der Waals surface area (Å²) in [4.78, 5) is 0.457. The van der Waals surface area contributed by atoms with Crippen LogP contribution in [0.3, 0.4) is 0 Å². The van der Waals surface area contributed by atoms with Gasteiger partial charge in [-0.15, -0.1) is 0 Å². The van der Waals surface area contributed by atoms with E-state index in [4.69, 9.17) is 0 Å². The predicted octanol–water partition coefficient (Wildman–Crippen LogP) is 1.94. The van der Waals surface area contributed by atoms with E-state index in [1.54, 1.807) is 10.4 Å². The Kier molecular flexibility index (Phi) is 3.84. The molecule has 0 atom stereocenters. The molecule has 1 aliphatic carbocycles. The minimum Gasteiger partial charge on any atom is -0.314 e. The van der Waals surface area contributed by atoms with Crippen molar-refractivity contribution in [1.82, 2.24) is 9.62 Å². The highest BCUT2D eigenvalue weighted by Crippen LogP contribution is 2.29. The quantitative estimate of drug-likeness (QED) is 0.908. The number of nitrogens with zero attached hydrogens (tertiary/aromatic N) is 1. The van der Waals surface area contributed by atoms with Gasteiger partial charge >= 0.3 is 0 Å². The highest BCUT2D eigenvalue weighted by molar-refractivity contribution is 7.89. The number of fused-ring (bicyclic) bond motifs is 1. The van der Waals surface area contributed by atoms with Crippen molar-refractivity contribution in [3.05, 3.63) is 29.3 Å². The standard InChI is InChI=1S/C16H24N2O2S/c1-16(2)12-17-9-10-18(16)21(19,20)15-8-7-13-5-3-4-6-14(13)11-15/h7-8,11,17H,3-6,9-10,12H2,1-2H3. The number of aryl methyl sites for hydroxylation is 2. The molecule has 21 heavy (non-hydrogen) atoms. The van der Waals surface area contributed by atoms with Crippen LogP contribution in [0, 0.1) is 0 Å². The van der Waals surface area contributed by atoms with Crippen molar-refractivity contribution in [2.75, 3.05) is 19.6 Å². The molecule has 0 bridgehead atoms. The van der Waals surface area contributed by atoms with Gasteiger partial charge in [0.25, 0.3) is 0 Å². The Balaban J connectivity index is 1.98. The average Bonchev–Trinajstić information content (AvgIpc) is 2.46. The van der Waals surface area contributed by atoms with E-state index in [1.807, 2.05) is 26.0 Å². The lowest BCUT2D eigenvalue weighted by atomic mass is 9.92. The van der Waals surface area contributed by atoms with Crippen LogP contribution in [0.2, 0.25) is 0 Å². The molecule has 1 aromatic carbocycles. The van der Waals surface area contributed by atoms with Crippen molar-refractivity contribution >= 4 is 10.0 Å².